The fraction of sp³-hybridized carbons (Fsp3) is 0.323. The Balaban J connectivity index is -0.000000451. The van der Waals surface area contributed by atoms with E-state index in [1.807, 2.05) is 91.0 Å². The maximum atomic E-state index is 10.9. The highest BCUT2D eigenvalue weighted by Crippen LogP contribution is 2.02. The van der Waals surface area contributed by atoms with Gasteiger partial charge in [0.05, 0.1) is 0 Å². The third-order valence-electron chi connectivity index (χ3n) is 4.47. The van der Waals surface area contributed by atoms with Crippen LogP contribution in [0.15, 0.2) is 91.0 Å². The molecule has 0 radical (unpaired) electrons. The summed E-state index contributed by atoms with van der Waals surface area (Å²) in [6, 6.07) is 29.4. The first kappa shape index (κ1) is 37.6. The molecule has 0 spiro atoms. The van der Waals surface area contributed by atoms with Gasteiger partial charge in [0, 0.05) is 40.9 Å². The third kappa shape index (κ3) is 20.0. The molecule has 37 heavy (non-hydrogen) atoms. The number of esters is 1. The van der Waals surface area contributed by atoms with E-state index in [0.29, 0.717) is 19.7 Å². The molecule has 3 aromatic carbocycles. The van der Waals surface area contributed by atoms with E-state index in [4.69, 9.17) is 4.74 Å². The summed E-state index contributed by atoms with van der Waals surface area (Å²) in [6.07, 6.45) is 0. The van der Waals surface area contributed by atoms with Gasteiger partial charge in [-0.05, 0) is 16.7 Å². The zero-order valence-corrected chi connectivity index (χ0v) is 20.4. The highest BCUT2D eigenvalue weighted by atomic mass is 16.5. The molecule has 0 atom stereocenters. The first-order valence-corrected chi connectivity index (χ1v) is 11.0. The molecule has 0 bridgehead atoms. The van der Waals surface area contributed by atoms with E-state index in [1.54, 1.807) is 18.9 Å². The SMILES string of the molecule is C.C.C.CC(=O)N(C)Cc1ccccc1.CC(=O)NCc1ccccc1.CC(=O)OCc1ccccc1. The number of nitrogens with zero attached hydrogens (tertiary/aromatic N) is 1. The van der Waals surface area contributed by atoms with Crippen LogP contribution in [0.2, 0.25) is 0 Å². The van der Waals surface area contributed by atoms with E-state index < -0.39 is 0 Å². The number of carbonyl (C=O) groups is 3. The van der Waals surface area contributed by atoms with Crippen molar-refractivity contribution in [2.75, 3.05) is 7.05 Å². The molecule has 0 aliphatic rings. The fourth-order valence-electron chi connectivity index (χ4n) is 2.55. The van der Waals surface area contributed by atoms with Gasteiger partial charge in [-0.3, -0.25) is 14.4 Å². The Morgan fingerprint density at radius 2 is 1.08 bits per heavy atom. The maximum Gasteiger partial charge on any atom is 0.302 e. The lowest BCUT2D eigenvalue weighted by atomic mass is 10.2. The van der Waals surface area contributed by atoms with Crippen LogP contribution in [0.1, 0.15) is 59.7 Å². The molecule has 0 saturated heterocycles. The normalized spacial score (nSPS) is 8.54. The molecule has 6 heteroatoms. The Bertz CT molecular complexity index is 924. The average molecular weight is 511 g/mol. The van der Waals surface area contributed by atoms with E-state index in [2.05, 4.69) is 5.32 Å². The van der Waals surface area contributed by atoms with Crippen molar-refractivity contribution >= 4 is 17.8 Å². The van der Waals surface area contributed by atoms with Crippen LogP contribution in [0.25, 0.3) is 0 Å². The summed E-state index contributed by atoms with van der Waals surface area (Å²) >= 11 is 0. The van der Waals surface area contributed by atoms with Crippen molar-refractivity contribution in [3.63, 3.8) is 0 Å². The molecular weight excluding hydrogens is 464 g/mol. The van der Waals surface area contributed by atoms with E-state index in [1.165, 1.54) is 13.8 Å². The van der Waals surface area contributed by atoms with Crippen molar-refractivity contribution in [2.24, 2.45) is 0 Å². The molecule has 0 heterocycles. The number of amides is 2. The lowest BCUT2D eigenvalue weighted by molar-refractivity contribution is -0.142. The minimum atomic E-state index is -0.242. The Kier molecular flexibility index (Phi) is 22.9. The van der Waals surface area contributed by atoms with Crippen LogP contribution in [-0.2, 0) is 38.8 Å². The number of rotatable bonds is 6. The average Bonchev–Trinajstić information content (AvgIpc) is 2.84. The lowest BCUT2D eigenvalue weighted by Crippen LogP contribution is -2.22. The van der Waals surface area contributed by atoms with Crippen LogP contribution >= 0.6 is 0 Å². The van der Waals surface area contributed by atoms with Gasteiger partial charge in [0.25, 0.3) is 0 Å². The second kappa shape index (κ2) is 22.5. The Hall–Kier alpha value is -3.93. The number of carbonyl (C=O) groups excluding carboxylic acids is 3. The summed E-state index contributed by atoms with van der Waals surface area (Å²) in [5.41, 5.74) is 3.31. The zero-order valence-electron chi connectivity index (χ0n) is 20.4. The molecule has 0 aromatic heterocycles. The molecule has 0 unspecified atom stereocenters. The highest BCUT2D eigenvalue weighted by molar-refractivity contribution is 5.73. The fourth-order valence-corrected chi connectivity index (χ4v) is 2.55. The van der Waals surface area contributed by atoms with Crippen LogP contribution in [0.3, 0.4) is 0 Å². The van der Waals surface area contributed by atoms with E-state index >= 15 is 0 Å². The Morgan fingerprint density at radius 1 is 0.676 bits per heavy atom. The van der Waals surface area contributed by atoms with Gasteiger partial charge in [-0.1, -0.05) is 113 Å². The Labute approximate surface area is 224 Å². The minimum Gasteiger partial charge on any atom is -0.461 e. The standard InChI is InChI=1S/C10H13NO.C9H11NO.C9H10O2.3CH4/c1-9(12)11(2)8-10-6-4-3-5-7-10;1-8(11)10-7-9-5-3-2-4-6-9;1-8(10)11-7-9-5-3-2-4-6-9;;;/h3-7H,8H2,1-2H3;2-6H,7H2,1H3,(H,10,11);2-6H,7H2,1H3;3*1H4. The first-order chi connectivity index (χ1) is 16.3. The lowest BCUT2D eigenvalue weighted by Gasteiger charge is -2.14. The van der Waals surface area contributed by atoms with Gasteiger partial charge in [-0.25, -0.2) is 0 Å². The monoisotopic (exact) mass is 510 g/mol. The topological polar surface area (TPSA) is 75.7 Å². The number of nitrogens with one attached hydrogen (secondary N) is 1. The molecule has 204 valence electrons. The van der Waals surface area contributed by atoms with E-state index in [-0.39, 0.29) is 40.1 Å². The largest absolute Gasteiger partial charge is 0.461 e. The first-order valence-electron chi connectivity index (χ1n) is 11.0. The molecule has 2 amide bonds. The van der Waals surface area contributed by atoms with Crippen molar-refractivity contribution in [1.29, 1.82) is 0 Å². The number of benzene rings is 3. The summed E-state index contributed by atoms with van der Waals surface area (Å²) in [6.45, 7) is 6.18. The van der Waals surface area contributed by atoms with Crippen LogP contribution in [0, 0.1) is 0 Å². The van der Waals surface area contributed by atoms with Crippen molar-refractivity contribution in [3.8, 4) is 0 Å². The molecule has 0 aliphatic carbocycles. The molecule has 3 rings (SSSR count). The van der Waals surface area contributed by atoms with Gasteiger partial charge >= 0.3 is 5.97 Å². The van der Waals surface area contributed by atoms with Gasteiger partial charge in [0.1, 0.15) is 6.61 Å². The van der Waals surface area contributed by atoms with Crippen molar-refractivity contribution in [1.82, 2.24) is 10.2 Å². The number of hydrogen-bond donors (Lipinski definition) is 1. The Morgan fingerprint density at radius 3 is 1.46 bits per heavy atom. The van der Waals surface area contributed by atoms with Gasteiger partial charge in [-0.2, -0.15) is 0 Å². The second-order valence-corrected chi connectivity index (χ2v) is 7.52. The summed E-state index contributed by atoms with van der Waals surface area (Å²) < 4.78 is 4.79. The predicted octanol–water partition coefficient (Wildman–Crippen LogP) is 6.65. The van der Waals surface area contributed by atoms with Crippen LogP contribution < -0.4 is 5.32 Å². The molecule has 1 N–H and O–H groups in total. The molecular formula is C31H46N2O4. The molecule has 0 aliphatic heterocycles. The molecule has 0 saturated carbocycles. The van der Waals surface area contributed by atoms with E-state index in [9.17, 15) is 14.4 Å². The smallest absolute Gasteiger partial charge is 0.302 e. The highest BCUT2D eigenvalue weighted by Gasteiger charge is 2.01. The number of ether oxygens (including phenoxy) is 1. The van der Waals surface area contributed by atoms with Crippen LogP contribution in [-0.4, -0.2) is 29.7 Å². The van der Waals surface area contributed by atoms with Gasteiger partial charge in [0.15, 0.2) is 0 Å². The van der Waals surface area contributed by atoms with Crippen molar-refractivity contribution in [2.45, 2.75) is 62.7 Å². The number of hydrogen-bond acceptors (Lipinski definition) is 4. The molecule has 3 aromatic rings. The summed E-state index contributed by atoms with van der Waals surface area (Å²) in [5, 5.41) is 2.72. The summed E-state index contributed by atoms with van der Waals surface area (Å²) in [7, 11) is 1.80. The minimum absolute atomic E-state index is 0. The third-order valence-corrected chi connectivity index (χ3v) is 4.47. The second-order valence-electron chi connectivity index (χ2n) is 7.52. The van der Waals surface area contributed by atoms with Crippen molar-refractivity contribution in [3.05, 3.63) is 108 Å². The summed E-state index contributed by atoms with van der Waals surface area (Å²) in [4.78, 5) is 33.5. The molecule has 6 nitrogen and oxygen atoms in total. The van der Waals surface area contributed by atoms with Crippen LogP contribution in [0.4, 0.5) is 0 Å². The summed E-state index contributed by atoms with van der Waals surface area (Å²) in [5.74, 6) is -0.137. The quantitative estimate of drug-likeness (QED) is 0.377. The maximum absolute atomic E-state index is 10.9. The molecule has 0 fully saturated rings. The predicted molar refractivity (Wildman–Crippen MR) is 155 cm³/mol. The van der Waals surface area contributed by atoms with Gasteiger partial charge < -0.3 is 15.0 Å². The zero-order chi connectivity index (χ0) is 25.2. The van der Waals surface area contributed by atoms with E-state index in [0.717, 1.165) is 16.7 Å². The van der Waals surface area contributed by atoms with Gasteiger partial charge in [0.2, 0.25) is 11.8 Å². The van der Waals surface area contributed by atoms with Crippen LogP contribution in [0.5, 0.6) is 0 Å². The van der Waals surface area contributed by atoms with Crippen molar-refractivity contribution < 1.29 is 19.1 Å². The van der Waals surface area contributed by atoms with Gasteiger partial charge in [-0.15, -0.1) is 0 Å².